The molecule has 1 amide bonds. The Morgan fingerprint density at radius 1 is 0.933 bits per heavy atom. The molecule has 30 heavy (non-hydrogen) atoms. The number of rotatable bonds is 4. The molecule has 0 spiro atoms. The number of carbonyl (C=O) groups is 1. The van der Waals surface area contributed by atoms with Crippen molar-refractivity contribution in [3.8, 4) is 0 Å². The van der Waals surface area contributed by atoms with Crippen LogP contribution < -0.4 is 10.9 Å². The first-order valence-electron chi connectivity index (χ1n) is 9.84. The van der Waals surface area contributed by atoms with Crippen molar-refractivity contribution < 1.29 is 4.79 Å². The first-order chi connectivity index (χ1) is 14.4. The Morgan fingerprint density at radius 3 is 2.33 bits per heavy atom. The molecule has 150 valence electrons. The fraction of sp³-hybridized carbons (Fsp3) is 0.160. The van der Waals surface area contributed by atoms with Crippen molar-refractivity contribution in [3.63, 3.8) is 0 Å². The average molecular weight is 397 g/mol. The Labute approximate surface area is 175 Å². The first kappa shape index (κ1) is 19.6. The van der Waals surface area contributed by atoms with Crippen LogP contribution in [0.3, 0.4) is 0 Å². The number of hydrogen-bond donors (Lipinski definition) is 1. The van der Waals surface area contributed by atoms with Gasteiger partial charge in [0.1, 0.15) is 11.2 Å². The number of anilines is 1. The summed E-state index contributed by atoms with van der Waals surface area (Å²) in [6.45, 7) is 6.31. The molecule has 0 saturated carbocycles. The van der Waals surface area contributed by atoms with E-state index in [9.17, 15) is 9.59 Å². The summed E-state index contributed by atoms with van der Waals surface area (Å²) < 4.78 is 1.57. The van der Waals surface area contributed by atoms with Crippen LogP contribution in [-0.2, 0) is 6.54 Å². The SMILES string of the molecule is Cc1ccc(Cn2c(=O)c(C(=O)Nc3cc(C)cc(C)c3)cc3cccnc32)cc1. The highest BCUT2D eigenvalue weighted by molar-refractivity contribution is 6.05. The van der Waals surface area contributed by atoms with Crippen LogP contribution in [0, 0.1) is 20.8 Å². The van der Waals surface area contributed by atoms with Crippen molar-refractivity contribution in [1.82, 2.24) is 9.55 Å². The number of pyridine rings is 2. The van der Waals surface area contributed by atoms with E-state index in [2.05, 4.69) is 10.3 Å². The van der Waals surface area contributed by atoms with Gasteiger partial charge in [-0.2, -0.15) is 0 Å². The lowest BCUT2D eigenvalue weighted by Gasteiger charge is -2.13. The fourth-order valence-electron chi connectivity index (χ4n) is 3.64. The highest BCUT2D eigenvalue weighted by atomic mass is 16.2. The zero-order chi connectivity index (χ0) is 21.3. The standard InChI is InChI=1S/C25H23N3O2/c1-16-6-8-19(9-7-16)15-28-23-20(5-4-10-26-23)14-22(25(28)30)24(29)27-21-12-17(2)11-18(3)13-21/h4-14H,15H2,1-3H3,(H,27,29). The minimum Gasteiger partial charge on any atom is -0.322 e. The monoisotopic (exact) mass is 397 g/mol. The van der Waals surface area contributed by atoms with E-state index in [1.54, 1.807) is 22.9 Å². The Balaban J connectivity index is 1.78. The highest BCUT2D eigenvalue weighted by Gasteiger charge is 2.17. The normalized spacial score (nSPS) is 10.9. The molecule has 2 aromatic heterocycles. The van der Waals surface area contributed by atoms with E-state index in [0.29, 0.717) is 17.9 Å². The van der Waals surface area contributed by atoms with Crippen molar-refractivity contribution in [3.05, 3.63) is 105 Å². The molecule has 0 aliphatic rings. The topological polar surface area (TPSA) is 64.0 Å². The van der Waals surface area contributed by atoms with Gasteiger partial charge in [0.05, 0.1) is 6.54 Å². The summed E-state index contributed by atoms with van der Waals surface area (Å²) in [7, 11) is 0. The quantitative estimate of drug-likeness (QED) is 0.546. The van der Waals surface area contributed by atoms with E-state index in [0.717, 1.165) is 27.6 Å². The molecule has 4 aromatic rings. The number of hydrogen-bond acceptors (Lipinski definition) is 3. The molecular formula is C25H23N3O2. The number of nitrogens with zero attached hydrogens (tertiary/aromatic N) is 2. The summed E-state index contributed by atoms with van der Waals surface area (Å²) in [6, 6.07) is 19.1. The van der Waals surface area contributed by atoms with Crippen molar-refractivity contribution in [2.75, 3.05) is 5.32 Å². The van der Waals surface area contributed by atoms with Gasteiger partial charge in [-0.3, -0.25) is 14.2 Å². The lowest BCUT2D eigenvalue weighted by Crippen LogP contribution is -2.30. The predicted molar refractivity (Wildman–Crippen MR) is 120 cm³/mol. The Bertz CT molecular complexity index is 1280. The van der Waals surface area contributed by atoms with Gasteiger partial charge >= 0.3 is 0 Å². The van der Waals surface area contributed by atoms with E-state index in [4.69, 9.17) is 0 Å². The molecule has 2 heterocycles. The van der Waals surface area contributed by atoms with Crippen molar-refractivity contribution >= 4 is 22.6 Å². The van der Waals surface area contributed by atoms with E-state index >= 15 is 0 Å². The molecule has 0 saturated heterocycles. The lowest BCUT2D eigenvalue weighted by atomic mass is 10.1. The maximum atomic E-state index is 13.3. The van der Waals surface area contributed by atoms with E-state index in [1.807, 2.05) is 69.3 Å². The second-order valence-electron chi connectivity index (χ2n) is 7.68. The molecule has 0 radical (unpaired) electrons. The highest BCUT2D eigenvalue weighted by Crippen LogP contribution is 2.17. The summed E-state index contributed by atoms with van der Waals surface area (Å²) in [5, 5.41) is 3.62. The number of benzene rings is 2. The Kier molecular flexibility index (Phi) is 5.19. The molecule has 4 rings (SSSR count). The minimum atomic E-state index is -0.423. The number of aromatic nitrogens is 2. The van der Waals surface area contributed by atoms with Gasteiger partial charge < -0.3 is 5.32 Å². The van der Waals surface area contributed by atoms with Crippen molar-refractivity contribution in [2.24, 2.45) is 0 Å². The molecule has 0 atom stereocenters. The molecule has 0 aliphatic carbocycles. The molecule has 0 bridgehead atoms. The van der Waals surface area contributed by atoms with Crippen LogP contribution >= 0.6 is 0 Å². The second kappa shape index (κ2) is 7.95. The summed E-state index contributed by atoms with van der Waals surface area (Å²) in [6.07, 6.45) is 1.66. The van der Waals surface area contributed by atoms with Crippen molar-refractivity contribution in [2.45, 2.75) is 27.3 Å². The zero-order valence-corrected chi connectivity index (χ0v) is 17.3. The van der Waals surface area contributed by atoms with Gasteiger partial charge in [0.15, 0.2) is 0 Å². The molecule has 0 aliphatic heterocycles. The van der Waals surface area contributed by atoms with E-state index in [1.165, 1.54) is 0 Å². The molecular weight excluding hydrogens is 374 g/mol. The molecule has 5 heteroatoms. The van der Waals surface area contributed by atoms with Gasteiger partial charge in [-0.1, -0.05) is 35.9 Å². The third-order valence-corrected chi connectivity index (χ3v) is 5.03. The van der Waals surface area contributed by atoms with Gasteiger partial charge in [-0.05, 0) is 67.8 Å². The van der Waals surface area contributed by atoms with Crippen LogP contribution in [0.2, 0.25) is 0 Å². The fourth-order valence-corrected chi connectivity index (χ4v) is 3.64. The number of fused-ring (bicyclic) bond motifs is 1. The van der Waals surface area contributed by atoms with Gasteiger partial charge in [0.25, 0.3) is 11.5 Å². The maximum absolute atomic E-state index is 13.3. The van der Waals surface area contributed by atoms with Crippen molar-refractivity contribution in [1.29, 1.82) is 0 Å². The van der Waals surface area contributed by atoms with Gasteiger partial charge in [0.2, 0.25) is 0 Å². The first-order valence-corrected chi connectivity index (χ1v) is 9.84. The van der Waals surface area contributed by atoms with Gasteiger partial charge in [-0.15, -0.1) is 0 Å². The maximum Gasteiger partial charge on any atom is 0.265 e. The third kappa shape index (κ3) is 4.01. The van der Waals surface area contributed by atoms with Crippen LogP contribution in [0.1, 0.15) is 32.6 Å². The Morgan fingerprint density at radius 2 is 1.63 bits per heavy atom. The third-order valence-electron chi connectivity index (χ3n) is 5.03. The summed E-state index contributed by atoms with van der Waals surface area (Å²) in [5.74, 6) is -0.423. The van der Waals surface area contributed by atoms with Crippen LogP contribution in [0.25, 0.3) is 11.0 Å². The lowest BCUT2D eigenvalue weighted by molar-refractivity contribution is 0.102. The average Bonchev–Trinajstić information content (AvgIpc) is 2.70. The zero-order valence-electron chi connectivity index (χ0n) is 17.3. The summed E-state index contributed by atoms with van der Waals surface area (Å²) in [4.78, 5) is 30.7. The van der Waals surface area contributed by atoms with Crippen LogP contribution in [0.5, 0.6) is 0 Å². The van der Waals surface area contributed by atoms with E-state index < -0.39 is 5.91 Å². The van der Waals surface area contributed by atoms with Crippen LogP contribution in [-0.4, -0.2) is 15.5 Å². The molecule has 5 nitrogen and oxygen atoms in total. The second-order valence-corrected chi connectivity index (χ2v) is 7.68. The molecule has 2 aromatic carbocycles. The number of amides is 1. The largest absolute Gasteiger partial charge is 0.322 e. The number of nitrogens with one attached hydrogen (secondary N) is 1. The molecule has 0 fully saturated rings. The predicted octanol–water partition coefficient (Wildman–Crippen LogP) is 4.62. The van der Waals surface area contributed by atoms with Crippen LogP contribution in [0.4, 0.5) is 5.69 Å². The summed E-state index contributed by atoms with van der Waals surface area (Å²) >= 11 is 0. The van der Waals surface area contributed by atoms with Gasteiger partial charge in [-0.25, -0.2) is 4.98 Å². The Hall–Kier alpha value is -3.73. The summed E-state index contributed by atoms with van der Waals surface area (Å²) in [5.41, 5.74) is 5.19. The van der Waals surface area contributed by atoms with Crippen LogP contribution in [0.15, 0.2) is 71.7 Å². The number of aryl methyl sites for hydroxylation is 3. The smallest absolute Gasteiger partial charge is 0.265 e. The molecule has 1 N–H and O–H groups in total. The van der Waals surface area contributed by atoms with E-state index in [-0.39, 0.29) is 11.1 Å². The number of carbonyl (C=O) groups excluding carboxylic acids is 1. The molecule has 0 unspecified atom stereocenters. The minimum absolute atomic E-state index is 0.0989. The van der Waals surface area contributed by atoms with Gasteiger partial charge in [0, 0.05) is 17.3 Å².